The highest BCUT2D eigenvalue weighted by Crippen LogP contribution is 2.41. The summed E-state index contributed by atoms with van der Waals surface area (Å²) in [6, 6.07) is 8.19. The Bertz CT molecular complexity index is 665. The van der Waals surface area contributed by atoms with Crippen LogP contribution in [0.15, 0.2) is 24.3 Å². The van der Waals surface area contributed by atoms with Gasteiger partial charge in [0, 0.05) is 34.6 Å². The van der Waals surface area contributed by atoms with Gasteiger partial charge in [-0.1, -0.05) is 18.2 Å². The number of fused-ring (bicyclic) bond motifs is 4. The van der Waals surface area contributed by atoms with Gasteiger partial charge in [-0.15, -0.1) is 0 Å². The summed E-state index contributed by atoms with van der Waals surface area (Å²) in [5.41, 5.74) is 3.22. The number of aromatic nitrogens is 1. The Labute approximate surface area is 119 Å². The summed E-state index contributed by atoms with van der Waals surface area (Å²) in [6.07, 6.45) is 2.55. The molecular formula is C17H20N2O. The van der Waals surface area contributed by atoms with Gasteiger partial charge < -0.3 is 9.88 Å². The van der Waals surface area contributed by atoms with Gasteiger partial charge in [-0.05, 0) is 44.8 Å². The van der Waals surface area contributed by atoms with Crippen LogP contribution in [0.25, 0.3) is 10.9 Å². The Morgan fingerprint density at radius 2 is 2.00 bits per heavy atom. The topological polar surface area (TPSA) is 36.1 Å². The predicted molar refractivity (Wildman–Crippen MR) is 80.2 cm³/mol. The first-order valence-electron chi connectivity index (χ1n) is 7.58. The van der Waals surface area contributed by atoms with Crippen molar-refractivity contribution in [2.24, 2.45) is 5.92 Å². The standard InChI is InChI=1S/C17H20N2O/c1-11(20)16-13-4-2-3-5-15(13)18-17(16)14-10-19-8-6-12(14)7-9-19/h2-5,12,14,18H,6-10H2,1H3. The highest BCUT2D eigenvalue weighted by Gasteiger charge is 2.37. The number of hydrogen-bond acceptors (Lipinski definition) is 2. The third-order valence-corrected chi connectivity index (χ3v) is 5.11. The van der Waals surface area contributed by atoms with Crippen molar-refractivity contribution >= 4 is 16.7 Å². The van der Waals surface area contributed by atoms with Crippen molar-refractivity contribution in [3.8, 4) is 0 Å². The second kappa shape index (κ2) is 4.45. The van der Waals surface area contributed by atoms with E-state index in [4.69, 9.17) is 0 Å². The number of nitrogens with zero attached hydrogens (tertiary/aromatic N) is 1. The molecule has 104 valence electrons. The number of rotatable bonds is 2. The molecule has 4 heterocycles. The molecule has 1 atom stereocenters. The van der Waals surface area contributed by atoms with Gasteiger partial charge in [0.05, 0.1) is 0 Å². The number of H-pyrrole nitrogens is 1. The summed E-state index contributed by atoms with van der Waals surface area (Å²) in [6.45, 7) is 5.27. The Balaban J connectivity index is 1.87. The Morgan fingerprint density at radius 1 is 1.25 bits per heavy atom. The summed E-state index contributed by atoms with van der Waals surface area (Å²) < 4.78 is 0. The van der Waals surface area contributed by atoms with Gasteiger partial charge in [-0.3, -0.25) is 4.79 Å². The molecule has 0 amide bonds. The fourth-order valence-electron chi connectivity index (χ4n) is 4.11. The van der Waals surface area contributed by atoms with Gasteiger partial charge >= 0.3 is 0 Å². The molecule has 0 spiro atoms. The quantitative estimate of drug-likeness (QED) is 0.849. The monoisotopic (exact) mass is 268 g/mol. The van der Waals surface area contributed by atoms with Gasteiger partial charge in [0.1, 0.15) is 0 Å². The maximum absolute atomic E-state index is 12.2. The number of carbonyl (C=O) groups is 1. The molecule has 1 unspecified atom stereocenters. The van der Waals surface area contributed by atoms with Crippen molar-refractivity contribution in [1.82, 2.24) is 9.88 Å². The minimum Gasteiger partial charge on any atom is -0.357 e. The highest BCUT2D eigenvalue weighted by atomic mass is 16.1. The number of hydrogen-bond donors (Lipinski definition) is 1. The second-order valence-corrected chi connectivity index (χ2v) is 6.26. The van der Waals surface area contributed by atoms with E-state index in [2.05, 4.69) is 22.0 Å². The lowest BCUT2D eigenvalue weighted by Crippen LogP contribution is -2.46. The normalized spacial score (nSPS) is 28.9. The molecule has 1 N–H and O–H groups in total. The molecule has 0 saturated carbocycles. The van der Waals surface area contributed by atoms with E-state index >= 15 is 0 Å². The molecule has 0 radical (unpaired) electrons. The number of para-hydroxylation sites is 1. The van der Waals surface area contributed by atoms with Crippen molar-refractivity contribution in [3.05, 3.63) is 35.5 Å². The van der Waals surface area contributed by atoms with Crippen molar-refractivity contribution in [3.63, 3.8) is 0 Å². The van der Waals surface area contributed by atoms with Crippen LogP contribution < -0.4 is 0 Å². The fraction of sp³-hybridized carbons (Fsp3) is 0.471. The average Bonchev–Trinajstić information content (AvgIpc) is 2.87. The van der Waals surface area contributed by atoms with Gasteiger partial charge in [-0.2, -0.15) is 0 Å². The number of benzene rings is 1. The summed E-state index contributed by atoms with van der Waals surface area (Å²) in [4.78, 5) is 18.3. The van der Waals surface area contributed by atoms with E-state index in [0.29, 0.717) is 5.92 Å². The van der Waals surface area contributed by atoms with E-state index in [-0.39, 0.29) is 5.78 Å². The van der Waals surface area contributed by atoms with Crippen LogP contribution >= 0.6 is 0 Å². The molecule has 3 saturated heterocycles. The Morgan fingerprint density at radius 3 is 2.65 bits per heavy atom. The Hall–Kier alpha value is -1.61. The van der Waals surface area contributed by atoms with Crippen LogP contribution in [0.1, 0.15) is 41.7 Å². The van der Waals surface area contributed by atoms with E-state index in [1.54, 1.807) is 6.92 Å². The first kappa shape index (κ1) is 12.2. The van der Waals surface area contributed by atoms with Gasteiger partial charge in [0.15, 0.2) is 5.78 Å². The van der Waals surface area contributed by atoms with E-state index < -0.39 is 0 Å². The van der Waals surface area contributed by atoms with Crippen molar-refractivity contribution in [2.45, 2.75) is 25.7 Å². The van der Waals surface area contributed by atoms with E-state index in [1.165, 1.54) is 31.6 Å². The maximum Gasteiger partial charge on any atom is 0.162 e. The number of Topliss-reactive ketones (excluding diaryl/α,β-unsaturated/α-hetero) is 1. The molecule has 2 aromatic rings. The zero-order chi connectivity index (χ0) is 13.7. The lowest BCUT2D eigenvalue weighted by molar-refractivity contribution is 0.0844. The Kier molecular flexibility index (Phi) is 2.71. The molecule has 3 fully saturated rings. The van der Waals surface area contributed by atoms with E-state index in [9.17, 15) is 4.79 Å². The number of aromatic amines is 1. The van der Waals surface area contributed by atoms with Crippen LogP contribution in [0.5, 0.6) is 0 Å². The molecule has 3 aliphatic rings. The molecule has 20 heavy (non-hydrogen) atoms. The zero-order valence-corrected chi connectivity index (χ0v) is 11.9. The molecule has 3 aliphatic heterocycles. The molecule has 2 bridgehead atoms. The summed E-state index contributed by atoms with van der Waals surface area (Å²) in [7, 11) is 0. The first-order chi connectivity index (χ1) is 9.74. The third kappa shape index (κ3) is 1.73. The number of ketones is 1. The molecule has 1 aromatic heterocycles. The smallest absolute Gasteiger partial charge is 0.162 e. The summed E-state index contributed by atoms with van der Waals surface area (Å²) in [5, 5.41) is 1.09. The molecule has 0 aliphatic carbocycles. The lowest BCUT2D eigenvalue weighted by atomic mass is 9.76. The van der Waals surface area contributed by atoms with Crippen LogP contribution in [0, 0.1) is 5.92 Å². The van der Waals surface area contributed by atoms with E-state index in [1.807, 2.05) is 12.1 Å². The molecule has 3 heteroatoms. The van der Waals surface area contributed by atoms with E-state index in [0.717, 1.165) is 28.9 Å². The maximum atomic E-state index is 12.2. The van der Waals surface area contributed by atoms with Crippen LogP contribution in [0.4, 0.5) is 0 Å². The minimum absolute atomic E-state index is 0.189. The highest BCUT2D eigenvalue weighted by molar-refractivity contribution is 6.08. The third-order valence-electron chi connectivity index (χ3n) is 5.11. The van der Waals surface area contributed by atoms with Crippen molar-refractivity contribution in [2.75, 3.05) is 19.6 Å². The zero-order valence-electron chi connectivity index (χ0n) is 11.9. The van der Waals surface area contributed by atoms with Gasteiger partial charge in [0.2, 0.25) is 0 Å². The largest absolute Gasteiger partial charge is 0.357 e. The van der Waals surface area contributed by atoms with Crippen molar-refractivity contribution in [1.29, 1.82) is 0 Å². The lowest BCUT2D eigenvalue weighted by Gasteiger charge is -2.44. The molecule has 5 rings (SSSR count). The van der Waals surface area contributed by atoms with Crippen LogP contribution in [0.3, 0.4) is 0 Å². The van der Waals surface area contributed by atoms with Crippen LogP contribution in [-0.4, -0.2) is 35.3 Å². The molecule has 3 nitrogen and oxygen atoms in total. The predicted octanol–water partition coefficient (Wildman–Crippen LogP) is 3.18. The minimum atomic E-state index is 0.189. The summed E-state index contributed by atoms with van der Waals surface area (Å²) >= 11 is 0. The second-order valence-electron chi connectivity index (χ2n) is 6.26. The average molecular weight is 268 g/mol. The number of nitrogens with one attached hydrogen (secondary N) is 1. The molecular weight excluding hydrogens is 248 g/mol. The SMILES string of the molecule is CC(=O)c1c(C2CN3CCC2CC3)[nH]c2ccccc12. The van der Waals surface area contributed by atoms with Gasteiger partial charge in [-0.25, -0.2) is 0 Å². The van der Waals surface area contributed by atoms with Crippen LogP contribution in [-0.2, 0) is 0 Å². The summed E-state index contributed by atoms with van der Waals surface area (Å²) in [5.74, 6) is 1.43. The number of piperidine rings is 3. The first-order valence-corrected chi connectivity index (χ1v) is 7.58. The molecule has 1 aromatic carbocycles. The van der Waals surface area contributed by atoms with Crippen molar-refractivity contribution < 1.29 is 4.79 Å². The van der Waals surface area contributed by atoms with Gasteiger partial charge in [0.25, 0.3) is 0 Å². The fourth-order valence-corrected chi connectivity index (χ4v) is 4.11. The number of carbonyl (C=O) groups excluding carboxylic acids is 1. The van der Waals surface area contributed by atoms with Crippen LogP contribution in [0.2, 0.25) is 0 Å².